The SMILES string of the molecule is CCN(CC1CCCO1)C(=O)C1(C(N)=NO)CC1. The first-order chi connectivity index (χ1) is 8.64. The fraction of sp³-hybridized carbons (Fsp3) is 0.833. The summed E-state index contributed by atoms with van der Waals surface area (Å²) >= 11 is 0. The first kappa shape index (κ1) is 13.1. The van der Waals surface area contributed by atoms with E-state index >= 15 is 0 Å². The molecule has 1 saturated heterocycles. The number of oxime groups is 1. The Morgan fingerprint density at radius 2 is 2.33 bits per heavy atom. The van der Waals surface area contributed by atoms with Crippen molar-refractivity contribution in [2.45, 2.75) is 38.7 Å². The minimum absolute atomic E-state index is 0.0317. The molecule has 1 saturated carbocycles. The van der Waals surface area contributed by atoms with Crippen LogP contribution in [0.3, 0.4) is 0 Å². The van der Waals surface area contributed by atoms with Crippen LogP contribution in [0.15, 0.2) is 5.16 Å². The summed E-state index contributed by atoms with van der Waals surface area (Å²) in [6.45, 7) is 3.95. The first-order valence-corrected chi connectivity index (χ1v) is 6.53. The van der Waals surface area contributed by atoms with Crippen LogP contribution in [0.4, 0.5) is 0 Å². The van der Waals surface area contributed by atoms with Gasteiger partial charge < -0.3 is 20.6 Å². The molecular weight excluding hydrogens is 234 g/mol. The molecular formula is C12H21N3O3. The molecule has 0 aromatic carbocycles. The van der Waals surface area contributed by atoms with Gasteiger partial charge in [0.2, 0.25) is 5.91 Å². The average Bonchev–Trinajstić information content (AvgIpc) is 3.05. The summed E-state index contributed by atoms with van der Waals surface area (Å²) in [7, 11) is 0. The lowest BCUT2D eigenvalue weighted by Crippen LogP contribution is -2.46. The second-order valence-electron chi connectivity index (χ2n) is 5.05. The van der Waals surface area contributed by atoms with E-state index < -0.39 is 5.41 Å². The van der Waals surface area contributed by atoms with Crippen molar-refractivity contribution in [2.75, 3.05) is 19.7 Å². The van der Waals surface area contributed by atoms with E-state index in [0.717, 1.165) is 19.4 Å². The van der Waals surface area contributed by atoms with E-state index in [-0.39, 0.29) is 17.8 Å². The van der Waals surface area contributed by atoms with Gasteiger partial charge in [-0.05, 0) is 32.6 Å². The molecule has 2 rings (SSSR count). The van der Waals surface area contributed by atoms with Crippen LogP contribution in [0.2, 0.25) is 0 Å². The van der Waals surface area contributed by atoms with E-state index in [1.165, 1.54) is 0 Å². The highest BCUT2D eigenvalue weighted by molar-refractivity contribution is 6.09. The van der Waals surface area contributed by atoms with E-state index in [9.17, 15) is 4.79 Å². The molecule has 1 aliphatic carbocycles. The highest BCUT2D eigenvalue weighted by Gasteiger charge is 2.55. The maximum Gasteiger partial charge on any atom is 0.236 e. The standard InChI is InChI=1S/C12H21N3O3/c1-2-15(8-9-4-3-7-18-9)11(16)12(5-6-12)10(13)14-17/h9,17H,2-8H2,1H3,(H2,13,14). The van der Waals surface area contributed by atoms with E-state index in [0.29, 0.717) is 25.9 Å². The van der Waals surface area contributed by atoms with Crippen molar-refractivity contribution >= 4 is 11.7 Å². The number of hydrogen-bond donors (Lipinski definition) is 2. The van der Waals surface area contributed by atoms with Gasteiger partial charge >= 0.3 is 0 Å². The van der Waals surface area contributed by atoms with Gasteiger partial charge in [-0.3, -0.25) is 4.79 Å². The number of carbonyl (C=O) groups excluding carboxylic acids is 1. The monoisotopic (exact) mass is 255 g/mol. The molecule has 1 heterocycles. The molecule has 1 atom stereocenters. The zero-order valence-electron chi connectivity index (χ0n) is 10.8. The smallest absolute Gasteiger partial charge is 0.236 e. The Balaban J connectivity index is 2.01. The van der Waals surface area contributed by atoms with Crippen LogP contribution in [-0.2, 0) is 9.53 Å². The van der Waals surface area contributed by atoms with Crippen LogP contribution < -0.4 is 5.73 Å². The van der Waals surface area contributed by atoms with E-state index in [1.807, 2.05) is 6.92 Å². The summed E-state index contributed by atoms with van der Waals surface area (Å²) in [6.07, 6.45) is 3.53. The number of rotatable bonds is 5. The molecule has 0 bridgehead atoms. The third-order valence-corrected chi connectivity index (χ3v) is 3.87. The summed E-state index contributed by atoms with van der Waals surface area (Å²) in [5.41, 5.74) is 4.89. The third kappa shape index (κ3) is 2.29. The highest BCUT2D eigenvalue weighted by Crippen LogP contribution is 2.47. The van der Waals surface area contributed by atoms with Crippen LogP contribution in [0.25, 0.3) is 0 Å². The van der Waals surface area contributed by atoms with Gasteiger partial charge in [0.25, 0.3) is 0 Å². The Morgan fingerprint density at radius 1 is 1.61 bits per heavy atom. The number of hydrogen-bond acceptors (Lipinski definition) is 4. The van der Waals surface area contributed by atoms with Crippen molar-refractivity contribution in [3.8, 4) is 0 Å². The molecule has 6 nitrogen and oxygen atoms in total. The summed E-state index contributed by atoms with van der Waals surface area (Å²) < 4.78 is 5.55. The van der Waals surface area contributed by atoms with Crippen molar-refractivity contribution in [1.82, 2.24) is 4.90 Å². The van der Waals surface area contributed by atoms with Crippen LogP contribution in [-0.4, -0.2) is 47.7 Å². The average molecular weight is 255 g/mol. The minimum Gasteiger partial charge on any atom is -0.409 e. The molecule has 1 unspecified atom stereocenters. The second kappa shape index (κ2) is 5.14. The van der Waals surface area contributed by atoms with Gasteiger partial charge in [-0.2, -0.15) is 0 Å². The molecule has 3 N–H and O–H groups in total. The Hall–Kier alpha value is -1.30. The molecule has 102 valence electrons. The number of ether oxygens (including phenoxy) is 1. The molecule has 0 spiro atoms. The van der Waals surface area contributed by atoms with Gasteiger partial charge in [-0.25, -0.2) is 0 Å². The van der Waals surface area contributed by atoms with E-state index in [4.69, 9.17) is 15.7 Å². The predicted molar refractivity (Wildman–Crippen MR) is 66.3 cm³/mol. The second-order valence-corrected chi connectivity index (χ2v) is 5.05. The predicted octanol–water partition coefficient (Wildman–Crippen LogP) is 0.541. The van der Waals surface area contributed by atoms with Crippen molar-refractivity contribution < 1.29 is 14.7 Å². The number of amidine groups is 1. The van der Waals surface area contributed by atoms with Crippen LogP contribution in [0.5, 0.6) is 0 Å². The van der Waals surface area contributed by atoms with E-state index in [1.54, 1.807) is 4.90 Å². The number of nitrogens with two attached hydrogens (primary N) is 1. The Labute approximate surface area is 107 Å². The topological polar surface area (TPSA) is 88.2 Å². The van der Waals surface area contributed by atoms with Crippen molar-refractivity contribution in [3.05, 3.63) is 0 Å². The van der Waals surface area contributed by atoms with Crippen LogP contribution in [0.1, 0.15) is 32.6 Å². The maximum atomic E-state index is 12.4. The number of amides is 1. The first-order valence-electron chi connectivity index (χ1n) is 6.53. The lowest BCUT2D eigenvalue weighted by Gasteiger charge is -2.27. The fourth-order valence-corrected chi connectivity index (χ4v) is 2.49. The molecule has 0 aromatic rings. The maximum absolute atomic E-state index is 12.4. The molecule has 0 aromatic heterocycles. The van der Waals surface area contributed by atoms with Crippen LogP contribution >= 0.6 is 0 Å². The van der Waals surface area contributed by atoms with Crippen LogP contribution in [0, 0.1) is 5.41 Å². The summed E-state index contributed by atoms with van der Waals surface area (Å²) in [4.78, 5) is 14.2. The molecule has 6 heteroatoms. The Kier molecular flexibility index (Phi) is 3.75. The van der Waals surface area contributed by atoms with E-state index in [2.05, 4.69) is 5.16 Å². The number of nitrogens with zero attached hydrogens (tertiary/aromatic N) is 2. The Morgan fingerprint density at radius 3 is 2.78 bits per heavy atom. The zero-order chi connectivity index (χ0) is 13.2. The van der Waals surface area contributed by atoms with Gasteiger partial charge in [-0.15, -0.1) is 0 Å². The van der Waals surface area contributed by atoms with Crippen molar-refractivity contribution in [3.63, 3.8) is 0 Å². The highest BCUT2D eigenvalue weighted by atomic mass is 16.5. The zero-order valence-corrected chi connectivity index (χ0v) is 10.8. The van der Waals surface area contributed by atoms with Gasteiger partial charge in [0.15, 0.2) is 5.84 Å². The largest absolute Gasteiger partial charge is 0.409 e. The number of likely N-dealkylation sites (N-methyl/N-ethyl adjacent to an activating group) is 1. The Bertz CT molecular complexity index is 346. The normalized spacial score (nSPS) is 26.1. The quantitative estimate of drug-likeness (QED) is 0.325. The number of carbonyl (C=O) groups is 1. The molecule has 2 aliphatic rings. The molecule has 1 amide bonds. The molecule has 2 fully saturated rings. The summed E-state index contributed by atoms with van der Waals surface area (Å²) in [5, 5.41) is 11.8. The van der Waals surface area contributed by atoms with Crippen molar-refractivity contribution in [2.24, 2.45) is 16.3 Å². The lowest BCUT2D eigenvalue weighted by molar-refractivity contribution is -0.135. The van der Waals surface area contributed by atoms with Crippen molar-refractivity contribution in [1.29, 1.82) is 0 Å². The third-order valence-electron chi connectivity index (χ3n) is 3.87. The van der Waals surface area contributed by atoms with Gasteiger partial charge in [0.1, 0.15) is 5.41 Å². The summed E-state index contributed by atoms with van der Waals surface area (Å²) in [5.74, 6) is 0.00842. The van der Waals surface area contributed by atoms with Gasteiger partial charge in [0, 0.05) is 19.7 Å². The molecule has 1 aliphatic heterocycles. The van der Waals surface area contributed by atoms with Gasteiger partial charge in [0.05, 0.1) is 6.10 Å². The van der Waals surface area contributed by atoms with Gasteiger partial charge in [-0.1, -0.05) is 5.16 Å². The molecule has 0 radical (unpaired) electrons. The molecule has 18 heavy (non-hydrogen) atoms. The lowest BCUT2D eigenvalue weighted by atomic mass is 10.0. The minimum atomic E-state index is -0.747. The fourth-order valence-electron chi connectivity index (χ4n) is 2.49. The summed E-state index contributed by atoms with van der Waals surface area (Å²) in [6, 6.07) is 0.